The monoisotopic (exact) mass is 423 g/mol. The molecule has 0 saturated carbocycles. The van der Waals surface area contributed by atoms with Crippen LogP contribution in [0.15, 0.2) is 78.9 Å². The molecule has 3 aromatic carbocycles. The van der Waals surface area contributed by atoms with Crippen LogP contribution in [0.3, 0.4) is 0 Å². The summed E-state index contributed by atoms with van der Waals surface area (Å²) in [5.41, 5.74) is 1.50. The number of halogens is 1. The minimum atomic E-state index is -0.890. The molecule has 0 unspecified atom stereocenters. The Morgan fingerprint density at radius 1 is 0.900 bits per heavy atom. The lowest BCUT2D eigenvalue weighted by Crippen LogP contribution is -2.38. The van der Waals surface area contributed by atoms with E-state index in [1.165, 1.54) is 17.0 Å². The fourth-order valence-corrected chi connectivity index (χ4v) is 3.05. The van der Waals surface area contributed by atoms with Crippen LogP contribution in [0.5, 0.6) is 0 Å². The first-order valence-corrected chi connectivity index (χ1v) is 9.44. The first-order chi connectivity index (χ1) is 14.4. The minimum absolute atomic E-state index is 0.0564. The largest absolute Gasteiger partial charge is 0.326 e. The second-order valence-electron chi connectivity index (χ2n) is 6.51. The number of hydrogen-bond acceptors (Lipinski definition) is 4. The molecule has 0 aromatic heterocycles. The molecule has 30 heavy (non-hydrogen) atoms. The van der Waals surface area contributed by atoms with Crippen molar-refractivity contribution in [3.8, 4) is 0 Å². The molecule has 1 N–H and O–H groups in total. The topological polar surface area (TPSA) is 92.5 Å². The van der Waals surface area contributed by atoms with Gasteiger partial charge in [0.15, 0.2) is 0 Å². The lowest BCUT2D eigenvalue weighted by molar-refractivity contribution is -0.384. The standard InChI is InChI=1S/C22H18ClN3O4/c23-19-12-11-18(13-20(19)26(29)30)24-21(27)22(28)25(14-16-7-3-1-4-8-16)15-17-9-5-2-6-10-17/h1-13H,14-15H2,(H,24,27). The number of amides is 2. The molecule has 0 saturated heterocycles. The summed E-state index contributed by atoms with van der Waals surface area (Å²) in [4.78, 5) is 37.3. The van der Waals surface area contributed by atoms with Gasteiger partial charge in [0.25, 0.3) is 5.69 Å². The summed E-state index contributed by atoms with van der Waals surface area (Å²) in [7, 11) is 0. The van der Waals surface area contributed by atoms with Gasteiger partial charge in [-0.05, 0) is 23.3 Å². The van der Waals surface area contributed by atoms with E-state index < -0.39 is 16.7 Å². The van der Waals surface area contributed by atoms with Crippen LogP contribution in [0, 0.1) is 10.1 Å². The second-order valence-corrected chi connectivity index (χ2v) is 6.92. The number of nitrogens with zero attached hydrogens (tertiary/aromatic N) is 2. The Morgan fingerprint density at radius 3 is 1.93 bits per heavy atom. The van der Waals surface area contributed by atoms with Gasteiger partial charge in [-0.15, -0.1) is 0 Å². The molecule has 0 aliphatic carbocycles. The summed E-state index contributed by atoms with van der Waals surface area (Å²) in [6.45, 7) is 0.478. The lowest BCUT2D eigenvalue weighted by atomic mass is 10.1. The van der Waals surface area contributed by atoms with Gasteiger partial charge in [0, 0.05) is 24.8 Å². The summed E-state index contributed by atoms with van der Waals surface area (Å²) in [6, 6.07) is 22.4. The molecule has 0 radical (unpaired) electrons. The van der Waals surface area contributed by atoms with Crippen molar-refractivity contribution in [3.05, 3.63) is 105 Å². The molecule has 152 valence electrons. The molecule has 0 heterocycles. The van der Waals surface area contributed by atoms with Gasteiger partial charge in [0.1, 0.15) is 5.02 Å². The van der Waals surface area contributed by atoms with E-state index in [0.29, 0.717) is 0 Å². The second kappa shape index (κ2) is 9.67. The van der Waals surface area contributed by atoms with Gasteiger partial charge in [0.2, 0.25) is 0 Å². The molecule has 0 fully saturated rings. The Hall–Kier alpha value is -3.71. The summed E-state index contributed by atoms with van der Waals surface area (Å²) >= 11 is 5.79. The fourth-order valence-electron chi connectivity index (χ4n) is 2.87. The quantitative estimate of drug-likeness (QED) is 0.361. The third kappa shape index (κ3) is 5.42. The highest BCUT2D eigenvalue weighted by Gasteiger charge is 2.23. The van der Waals surface area contributed by atoms with Gasteiger partial charge in [-0.25, -0.2) is 0 Å². The highest BCUT2D eigenvalue weighted by Crippen LogP contribution is 2.27. The van der Waals surface area contributed by atoms with E-state index in [-0.39, 0.29) is 29.5 Å². The molecule has 2 amide bonds. The Labute approximate surface area is 178 Å². The van der Waals surface area contributed by atoms with Crippen molar-refractivity contribution in [1.82, 2.24) is 4.90 Å². The number of benzene rings is 3. The van der Waals surface area contributed by atoms with Gasteiger partial charge in [-0.2, -0.15) is 0 Å². The lowest BCUT2D eigenvalue weighted by Gasteiger charge is -2.22. The van der Waals surface area contributed by atoms with Crippen molar-refractivity contribution in [3.63, 3.8) is 0 Å². The normalized spacial score (nSPS) is 10.3. The van der Waals surface area contributed by atoms with Gasteiger partial charge in [0.05, 0.1) is 4.92 Å². The van der Waals surface area contributed by atoms with Crippen LogP contribution >= 0.6 is 11.6 Å². The van der Waals surface area contributed by atoms with Crippen LogP contribution in [-0.2, 0) is 22.7 Å². The number of hydrogen-bond donors (Lipinski definition) is 1. The third-order valence-corrected chi connectivity index (χ3v) is 4.63. The summed E-state index contributed by atoms with van der Waals surface area (Å²) in [5, 5.41) is 13.4. The molecule has 0 aliphatic heterocycles. The predicted molar refractivity (Wildman–Crippen MR) is 114 cm³/mol. The van der Waals surface area contributed by atoms with Crippen molar-refractivity contribution >= 4 is 34.8 Å². The molecular formula is C22H18ClN3O4. The van der Waals surface area contributed by atoms with E-state index in [4.69, 9.17) is 11.6 Å². The zero-order valence-electron chi connectivity index (χ0n) is 15.8. The SMILES string of the molecule is O=C(Nc1ccc(Cl)c([N+](=O)[O-])c1)C(=O)N(Cc1ccccc1)Cc1ccccc1. The van der Waals surface area contributed by atoms with E-state index >= 15 is 0 Å². The van der Waals surface area contributed by atoms with Crippen molar-refractivity contribution in [2.45, 2.75) is 13.1 Å². The van der Waals surface area contributed by atoms with Crippen LogP contribution in [0.1, 0.15) is 11.1 Å². The predicted octanol–water partition coefficient (Wildman–Crippen LogP) is 4.42. The van der Waals surface area contributed by atoms with Crippen molar-refractivity contribution in [2.75, 3.05) is 5.32 Å². The molecule has 7 nitrogen and oxygen atoms in total. The van der Waals surface area contributed by atoms with Crippen molar-refractivity contribution < 1.29 is 14.5 Å². The summed E-state index contributed by atoms with van der Waals surface area (Å²) in [5.74, 6) is -1.64. The maximum Gasteiger partial charge on any atom is 0.313 e. The van der Waals surface area contributed by atoms with Crippen LogP contribution in [0.4, 0.5) is 11.4 Å². The van der Waals surface area contributed by atoms with Gasteiger partial charge in [-0.1, -0.05) is 72.3 Å². The molecule has 3 rings (SSSR count). The maximum atomic E-state index is 12.9. The Kier molecular flexibility index (Phi) is 6.77. The van der Waals surface area contributed by atoms with Crippen LogP contribution < -0.4 is 5.32 Å². The van der Waals surface area contributed by atoms with Crippen LogP contribution in [0.25, 0.3) is 0 Å². The maximum absolute atomic E-state index is 12.9. The molecule has 3 aromatic rings. The Balaban J connectivity index is 1.80. The number of carbonyl (C=O) groups excluding carboxylic acids is 2. The summed E-state index contributed by atoms with van der Waals surface area (Å²) < 4.78 is 0. The number of nitro benzene ring substituents is 1. The van der Waals surface area contributed by atoms with Gasteiger partial charge in [-0.3, -0.25) is 19.7 Å². The number of anilines is 1. The van der Waals surface area contributed by atoms with Crippen LogP contribution in [0.2, 0.25) is 5.02 Å². The first kappa shape index (κ1) is 21.0. The highest BCUT2D eigenvalue weighted by atomic mass is 35.5. The van der Waals surface area contributed by atoms with Gasteiger partial charge < -0.3 is 10.2 Å². The number of nitrogens with one attached hydrogen (secondary N) is 1. The Bertz CT molecular complexity index is 1020. The van der Waals surface area contributed by atoms with E-state index in [1.54, 1.807) is 0 Å². The fraction of sp³-hybridized carbons (Fsp3) is 0.0909. The van der Waals surface area contributed by atoms with E-state index in [1.807, 2.05) is 60.7 Å². The molecule has 0 bridgehead atoms. The number of nitro groups is 1. The van der Waals surface area contributed by atoms with Crippen LogP contribution in [-0.4, -0.2) is 21.6 Å². The molecular weight excluding hydrogens is 406 g/mol. The van der Waals surface area contributed by atoms with E-state index in [9.17, 15) is 19.7 Å². The number of rotatable bonds is 6. The highest BCUT2D eigenvalue weighted by molar-refractivity contribution is 6.39. The smallest absolute Gasteiger partial charge is 0.313 e. The average molecular weight is 424 g/mol. The molecule has 0 aliphatic rings. The first-order valence-electron chi connectivity index (χ1n) is 9.06. The third-order valence-electron chi connectivity index (χ3n) is 4.31. The molecule has 0 spiro atoms. The van der Waals surface area contributed by atoms with Crippen molar-refractivity contribution in [2.24, 2.45) is 0 Å². The minimum Gasteiger partial charge on any atom is -0.326 e. The Morgan fingerprint density at radius 2 is 1.43 bits per heavy atom. The summed E-state index contributed by atoms with van der Waals surface area (Å²) in [6.07, 6.45) is 0. The van der Waals surface area contributed by atoms with E-state index in [2.05, 4.69) is 5.32 Å². The number of carbonyl (C=O) groups is 2. The zero-order chi connectivity index (χ0) is 21.5. The van der Waals surface area contributed by atoms with Crippen molar-refractivity contribution in [1.29, 1.82) is 0 Å². The molecule has 8 heteroatoms. The zero-order valence-corrected chi connectivity index (χ0v) is 16.6. The average Bonchev–Trinajstić information content (AvgIpc) is 2.75. The van der Waals surface area contributed by atoms with E-state index in [0.717, 1.165) is 17.2 Å². The van der Waals surface area contributed by atoms with Gasteiger partial charge >= 0.3 is 11.8 Å². The molecule has 0 atom stereocenters.